The van der Waals surface area contributed by atoms with Gasteiger partial charge in [-0.05, 0) is 38.6 Å². The fraction of sp³-hybridized carbons (Fsp3) is 0.917. The summed E-state index contributed by atoms with van der Waals surface area (Å²) in [5.41, 5.74) is 5.60. The van der Waals surface area contributed by atoms with E-state index in [2.05, 4.69) is 23.0 Å². The Kier molecular flexibility index (Phi) is 5.74. The van der Waals surface area contributed by atoms with E-state index in [9.17, 15) is 0 Å². The number of ether oxygens (including phenoxy) is 1. The lowest BCUT2D eigenvalue weighted by Crippen LogP contribution is -2.39. The maximum atomic E-state index is 6.18. The minimum Gasteiger partial charge on any atom is -0.372 e. The van der Waals surface area contributed by atoms with Crippen molar-refractivity contribution in [1.82, 2.24) is 4.90 Å². The van der Waals surface area contributed by atoms with Crippen LogP contribution in [-0.4, -0.2) is 54.7 Å². The molecule has 0 saturated carbocycles. The van der Waals surface area contributed by atoms with Crippen LogP contribution >= 0.6 is 20.5 Å². The van der Waals surface area contributed by atoms with Crippen LogP contribution in [0.3, 0.4) is 0 Å². The van der Waals surface area contributed by atoms with Crippen molar-refractivity contribution < 1.29 is 4.74 Å². The van der Waals surface area contributed by atoms with Gasteiger partial charge in [0.15, 0.2) is 0 Å². The van der Waals surface area contributed by atoms with Crippen LogP contribution in [0, 0.1) is 0 Å². The van der Waals surface area contributed by atoms with Gasteiger partial charge in [-0.1, -0.05) is 0 Å². The molecule has 1 saturated heterocycles. The van der Waals surface area contributed by atoms with Gasteiger partial charge in [0.2, 0.25) is 0 Å². The van der Waals surface area contributed by atoms with Gasteiger partial charge >= 0.3 is 0 Å². The SMILES string of the molecule is CPCCC1CCC(C2SN=C(CCN)N2C)O1. The molecular weight excluding hydrogens is 265 g/mol. The Morgan fingerprint density at radius 1 is 1.56 bits per heavy atom. The zero-order chi connectivity index (χ0) is 13.0. The summed E-state index contributed by atoms with van der Waals surface area (Å²) in [6, 6.07) is 0. The summed E-state index contributed by atoms with van der Waals surface area (Å²) >= 11 is 1.66. The molecule has 4 unspecified atom stereocenters. The summed E-state index contributed by atoms with van der Waals surface area (Å²) in [4.78, 5) is 2.26. The third-order valence-electron chi connectivity index (χ3n) is 3.60. The molecule has 2 rings (SSSR count). The number of hydrogen-bond acceptors (Lipinski definition) is 5. The van der Waals surface area contributed by atoms with E-state index < -0.39 is 0 Å². The Labute approximate surface area is 116 Å². The molecule has 0 aliphatic carbocycles. The number of nitrogens with zero attached hydrogens (tertiary/aromatic N) is 2. The van der Waals surface area contributed by atoms with E-state index >= 15 is 0 Å². The lowest BCUT2D eigenvalue weighted by Gasteiger charge is -2.27. The summed E-state index contributed by atoms with van der Waals surface area (Å²) in [5.74, 6) is 1.12. The first-order valence-electron chi connectivity index (χ1n) is 6.72. The molecule has 2 N–H and O–H groups in total. The third-order valence-corrected chi connectivity index (χ3v) is 5.54. The van der Waals surface area contributed by atoms with Crippen molar-refractivity contribution in [2.75, 3.05) is 26.4 Å². The second kappa shape index (κ2) is 7.09. The second-order valence-corrected chi connectivity index (χ2v) is 7.00. The quantitative estimate of drug-likeness (QED) is 0.599. The van der Waals surface area contributed by atoms with Gasteiger partial charge < -0.3 is 15.4 Å². The highest BCUT2D eigenvalue weighted by atomic mass is 32.2. The molecule has 0 amide bonds. The molecule has 2 aliphatic rings. The van der Waals surface area contributed by atoms with E-state index in [1.807, 2.05) is 0 Å². The molecule has 4 atom stereocenters. The van der Waals surface area contributed by atoms with Gasteiger partial charge in [0.05, 0.1) is 12.2 Å². The molecule has 2 heterocycles. The van der Waals surface area contributed by atoms with Gasteiger partial charge in [0, 0.05) is 25.4 Å². The smallest absolute Gasteiger partial charge is 0.124 e. The van der Waals surface area contributed by atoms with E-state index in [0.717, 1.165) is 20.8 Å². The zero-order valence-corrected chi connectivity index (χ0v) is 13.1. The molecule has 0 aromatic rings. The van der Waals surface area contributed by atoms with E-state index in [1.165, 1.54) is 25.4 Å². The molecule has 0 radical (unpaired) electrons. The predicted octanol–water partition coefficient (Wildman–Crippen LogP) is 1.90. The van der Waals surface area contributed by atoms with Crippen molar-refractivity contribution >= 4 is 26.4 Å². The molecule has 0 aromatic heterocycles. The molecule has 1 fully saturated rings. The summed E-state index contributed by atoms with van der Waals surface area (Å²) < 4.78 is 10.7. The maximum Gasteiger partial charge on any atom is 0.124 e. The minimum atomic E-state index is 0.337. The standard InChI is InChI=1S/C12H24N3OPS/c1-15-11(5-7-13)14-18-12(15)10-4-3-9(16-10)6-8-17-2/h9-10,12,17H,3-8,13H2,1-2H3. The number of rotatable bonds is 6. The van der Waals surface area contributed by atoms with E-state index in [4.69, 9.17) is 10.5 Å². The predicted molar refractivity (Wildman–Crippen MR) is 81.9 cm³/mol. The molecule has 0 aromatic carbocycles. The lowest BCUT2D eigenvalue weighted by molar-refractivity contribution is 0.0279. The van der Waals surface area contributed by atoms with Crippen molar-refractivity contribution in [3.8, 4) is 0 Å². The van der Waals surface area contributed by atoms with Crippen LogP contribution < -0.4 is 5.73 Å². The Hall–Kier alpha value is 0.170. The van der Waals surface area contributed by atoms with Crippen LogP contribution in [-0.2, 0) is 4.74 Å². The zero-order valence-electron chi connectivity index (χ0n) is 11.3. The fourth-order valence-corrected chi connectivity index (χ4v) is 4.19. The average molecular weight is 289 g/mol. The van der Waals surface area contributed by atoms with Crippen molar-refractivity contribution in [3.63, 3.8) is 0 Å². The maximum absolute atomic E-state index is 6.18. The highest BCUT2D eigenvalue weighted by Crippen LogP contribution is 2.36. The third kappa shape index (κ3) is 3.38. The lowest BCUT2D eigenvalue weighted by atomic mass is 10.1. The van der Waals surface area contributed by atoms with Crippen LogP contribution in [0.2, 0.25) is 0 Å². The van der Waals surface area contributed by atoms with Crippen LogP contribution in [0.15, 0.2) is 4.40 Å². The van der Waals surface area contributed by atoms with Crippen LogP contribution in [0.4, 0.5) is 0 Å². The summed E-state index contributed by atoms with van der Waals surface area (Å²) in [5, 5.41) is 0.362. The minimum absolute atomic E-state index is 0.337. The highest BCUT2D eigenvalue weighted by Gasteiger charge is 2.37. The summed E-state index contributed by atoms with van der Waals surface area (Å²) in [7, 11) is 3.16. The Morgan fingerprint density at radius 2 is 2.39 bits per heavy atom. The van der Waals surface area contributed by atoms with Crippen molar-refractivity contribution in [2.24, 2.45) is 10.1 Å². The molecule has 2 aliphatic heterocycles. The topological polar surface area (TPSA) is 50.8 Å². The van der Waals surface area contributed by atoms with Gasteiger partial charge in [0.25, 0.3) is 0 Å². The highest BCUT2D eigenvalue weighted by molar-refractivity contribution is 7.99. The first kappa shape index (κ1) is 14.6. The molecule has 0 bridgehead atoms. The normalized spacial score (nSPS) is 32.7. The van der Waals surface area contributed by atoms with Crippen molar-refractivity contribution in [2.45, 2.75) is 43.3 Å². The second-order valence-electron chi connectivity index (χ2n) is 4.92. The molecular formula is C12H24N3OPS. The Bertz CT molecular complexity index is 303. The first-order valence-corrected chi connectivity index (χ1v) is 9.26. The number of hydrogen-bond donors (Lipinski definition) is 1. The largest absolute Gasteiger partial charge is 0.372 e. The van der Waals surface area contributed by atoms with E-state index in [-0.39, 0.29) is 0 Å². The molecule has 6 heteroatoms. The number of likely N-dealkylation sites (N-methyl/N-ethyl adjacent to an activating group) is 1. The molecule has 104 valence electrons. The summed E-state index contributed by atoms with van der Waals surface area (Å²) in [6.07, 6.45) is 6.60. The molecule has 18 heavy (non-hydrogen) atoms. The van der Waals surface area contributed by atoms with Gasteiger partial charge in [-0.15, -0.1) is 8.58 Å². The number of nitrogens with two attached hydrogens (primary N) is 1. The van der Waals surface area contributed by atoms with Crippen LogP contribution in [0.1, 0.15) is 25.7 Å². The average Bonchev–Trinajstić information content (AvgIpc) is 2.95. The fourth-order valence-electron chi connectivity index (χ4n) is 2.53. The Morgan fingerprint density at radius 3 is 3.11 bits per heavy atom. The van der Waals surface area contributed by atoms with Crippen molar-refractivity contribution in [1.29, 1.82) is 0 Å². The monoisotopic (exact) mass is 289 g/mol. The van der Waals surface area contributed by atoms with E-state index in [1.54, 1.807) is 11.9 Å². The van der Waals surface area contributed by atoms with Crippen LogP contribution in [0.25, 0.3) is 0 Å². The van der Waals surface area contributed by atoms with Gasteiger partial charge in [0.1, 0.15) is 11.2 Å². The van der Waals surface area contributed by atoms with Gasteiger partial charge in [-0.25, -0.2) is 4.40 Å². The molecule has 0 spiro atoms. The van der Waals surface area contributed by atoms with Crippen LogP contribution in [0.5, 0.6) is 0 Å². The number of amidine groups is 1. The molecule has 4 nitrogen and oxygen atoms in total. The van der Waals surface area contributed by atoms with Gasteiger partial charge in [-0.3, -0.25) is 0 Å². The van der Waals surface area contributed by atoms with Gasteiger partial charge in [-0.2, -0.15) is 0 Å². The first-order chi connectivity index (χ1) is 8.76. The van der Waals surface area contributed by atoms with E-state index in [0.29, 0.717) is 24.1 Å². The summed E-state index contributed by atoms with van der Waals surface area (Å²) in [6.45, 7) is 2.93. The Balaban J connectivity index is 1.80. The van der Waals surface area contributed by atoms with Crippen molar-refractivity contribution in [3.05, 3.63) is 0 Å².